The van der Waals surface area contributed by atoms with Gasteiger partial charge in [0, 0.05) is 6.42 Å². The normalized spacial score (nSPS) is 10.5. The second kappa shape index (κ2) is 8.46. The average molecular weight is 262 g/mol. The molecule has 0 N–H and O–H groups in total. The lowest BCUT2D eigenvalue weighted by Gasteiger charge is -2.07. The molecule has 1 aromatic rings. The highest BCUT2D eigenvalue weighted by molar-refractivity contribution is 5.74. The number of ether oxygens (including phenoxy) is 1. The van der Waals surface area contributed by atoms with Crippen LogP contribution in [0.3, 0.4) is 0 Å². The molecule has 0 heterocycles. The summed E-state index contributed by atoms with van der Waals surface area (Å²) in [6.45, 7) is 3.63. The monoisotopic (exact) mass is 262 g/mol. The van der Waals surface area contributed by atoms with Gasteiger partial charge in [-0.2, -0.15) is 0 Å². The summed E-state index contributed by atoms with van der Waals surface area (Å²) >= 11 is 0. The van der Waals surface area contributed by atoms with Crippen molar-refractivity contribution >= 4 is 12.3 Å². The molecule has 1 rings (SSSR count). The molecule has 0 bridgehead atoms. The fraction of sp³-hybridized carbons (Fsp3) is 0.500. The summed E-state index contributed by atoms with van der Waals surface area (Å²) in [5.41, 5.74) is 1.23. The van der Waals surface area contributed by atoms with Gasteiger partial charge in [0.05, 0.1) is 5.92 Å². The van der Waals surface area contributed by atoms with Gasteiger partial charge < -0.3 is 9.53 Å². The zero-order chi connectivity index (χ0) is 14.1. The van der Waals surface area contributed by atoms with E-state index in [-0.39, 0.29) is 11.9 Å². The first kappa shape index (κ1) is 15.4. The predicted molar refractivity (Wildman–Crippen MR) is 75.2 cm³/mol. The molecule has 0 aliphatic carbocycles. The van der Waals surface area contributed by atoms with Crippen LogP contribution in [-0.4, -0.2) is 12.3 Å². The van der Waals surface area contributed by atoms with Gasteiger partial charge in [0.2, 0.25) is 0 Å². The van der Waals surface area contributed by atoms with E-state index in [4.69, 9.17) is 4.74 Å². The molecule has 0 amide bonds. The molecule has 3 heteroatoms. The summed E-state index contributed by atoms with van der Waals surface area (Å²) in [6, 6.07) is 7.65. The molecule has 3 nitrogen and oxygen atoms in total. The Bertz CT molecular complexity index is 393. The van der Waals surface area contributed by atoms with Crippen molar-refractivity contribution in [3.05, 3.63) is 29.8 Å². The Labute approximate surface area is 115 Å². The van der Waals surface area contributed by atoms with Crippen molar-refractivity contribution < 1.29 is 14.3 Å². The molecule has 0 saturated carbocycles. The van der Waals surface area contributed by atoms with Crippen LogP contribution >= 0.6 is 0 Å². The van der Waals surface area contributed by atoms with Gasteiger partial charge in [-0.3, -0.25) is 4.79 Å². The largest absolute Gasteiger partial charge is 0.426 e. The van der Waals surface area contributed by atoms with Crippen LogP contribution in [0.4, 0.5) is 0 Å². The maximum atomic E-state index is 11.4. The number of carbonyl (C=O) groups is 2. The lowest BCUT2D eigenvalue weighted by atomic mass is 10.1. The maximum Gasteiger partial charge on any atom is 0.313 e. The van der Waals surface area contributed by atoms with Crippen LogP contribution in [0.1, 0.15) is 45.1 Å². The van der Waals surface area contributed by atoms with Crippen LogP contribution in [0.15, 0.2) is 24.3 Å². The van der Waals surface area contributed by atoms with Gasteiger partial charge >= 0.3 is 5.97 Å². The fourth-order valence-corrected chi connectivity index (χ4v) is 1.69. The third kappa shape index (κ3) is 6.18. The van der Waals surface area contributed by atoms with Crippen molar-refractivity contribution in [2.75, 3.05) is 0 Å². The molecule has 0 unspecified atom stereocenters. The van der Waals surface area contributed by atoms with Gasteiger partial charge in [-0.25, -0.2) is 0 Å². The molecule has 1 aromatic carbocycles. The molecule has 0 atom stereocenters. The number of aryl methyl sites for hydroxylation is 1. The van der Waals surface area contributed by atoms with Gasteiger partial charge in [-0.1, -0.05) is 32.4 Å². The average Bonchev–Trinajstić information content (AvgIpc) is 2.40. The van der Waals surface area contributed by atoms with E-state index >= 15 is 0 Å². The minimum Gasteiger partial charge on any atom is -0.426 e. The summed E-state index contributed by atoms with van der Waals surface area (Å²) in [5, 5.41) is 0. The smallest absolute Gasteiger partial charge is 0.313 e. The van der Waals surface area contributed by atoms with Gasteiger partial charge in [0.1, 0.15) is 12.0 Å². The van der Waals surface area contributed by atoms with Gasteiger partial charge in [0.15, 0.2) is 0 Å². The van der Waals surface area contributed by atoms with E-state index in [0.29, 0.717) is 12.2 Å². The highest BCUT2D eigenvalue weighted by Crippen LogP contribution is 2.15. The van der Waals surface area contributed by atoms with Crippen LogP contribution < -0.4 is 4.74 Å². The Morgan fingerprint density at radius 3 is 2.42 bits per heavy atom. The van der Waals surface area contributed by atoms with E-state index in [1.165, 1.54) is 5.56 Å². The first-order valence-corrected chi connectivity index (χ1v) is 6.87. The van der Waals surface area contributed by atoms with E-state index in [0.717, 1.165) is 32.0 Å². The highest BCUT2D eigenvalue weighted by Gasteiger charge is 2.09. The van der Waals surface area contributed by atoms with E-state index in [1.807, 2.05) is 38.1 Å². The Morgan fingerprint density at radius 1 is 1.16 bits per heavy atom. The van der Waals surface area contributed by atoms with Crippen molar-refractivity contribution in [1.82, 2.24) is 0 Å². The molecule has 19 heavy (non-hydrogen) atoms. The van der Waals surface area contributed by atoms with Crippen LogP contribution in [-0.2, 0) is 16.0 Å². The summed E-state index contributed by atoms with van der Waals surface area (Å²) in [7, 11) is 0. The number of rotatable bonds is 8. The minimum absolute atomic E-state index is 0.113. The van der Waals surface area contributed by atoms with Crippen molar-refractivity contribution in [2.45, 2.75) is 46.0 Å². The number of aldehydes is 1. The molecule has 0 aromatic heterocycles. The fourth-order valence-electron chi connectivity index (χ4n) is 1.69. The van der Waals surface area contributed by atoms with Crippen LogP contribution in [0.5, 0.6) is 5.75 Å². The van der Waals surface area contributed by atoms with Crippen LogP contribution in [0, 0.1) is 5.92 Å². The first-order chi connectivity index (χ1) is 9.13. The summed E-state index contributed by atoms with van der Waals surface area (Å²) < 4.78 is 5.21. The zero-order valence-corrected chi connectivity index (χ0v) is 11.7. The Balaban J connectivity index is 2.35. The van der Waals surface area contributed by atoms with E-state index in [2.05, 4.69) is 0 Å². The Hall–Kier alpha value is -1.64. The quantitative estimate of drug-likeness (QED) is 0.311. The SMILES string of the molecule is CC(C)C(=O)Oc1ccc(CCCCCC=O)cc1. The van der Waals surface area contributed by atoms with Crippen LogP contribution in [0.2, 0.25) is 0 Å². The van der Waals surface area contributed by atoms with Crippen LogP contribution in [0.25, 0.3) is 0 Å². The predicted octanol–water partition coefficient (Wildman–Crippen LogP) is 3.55. The standard InChI is InChI=1S/C16H22O3/c1-13(2)16(18)19-15-10-8-14(9-11-15)7-5-3-4-6-12-17/h8-13H,3-7H2,1-2H3. The summed E-state index contributed by atoms with van der Waals surface area (Å²) in [6.07, 6.45) is 5.74. The van der Waals surface area contributed by atoms with Crippen molar-refractivity contribution in [3.63, 3.8) is 0 Å². The minimum atomic E-state index is -0.207. The second-order valence-corrected chi connectivity index (χ2v) is 4.99. The van der Waals surface area contributed by atoms with Gasteiger partial charge in [0.25, 0.3) is 0 Å². The number of hydrogen-bond acceptors (Lipinski definition) is 3. The summed E-state index contributed by atoms with van der Waals surface area (Å²) in [4.78, 5) is 21.6. The maximum absolute atomic E-state index is 11.4. The van der Waals surface area contributed by atoms with Gasteiger partial charge in [-0.05, 0) is 37.0 Å². The molecule has 0 spiro atoms. The number of esters is 1. The third-order valence-electron chi connectivity index (χ3n) is 2.90. The molecule has 0 saturated heterocycles. The molecular weight excluding hydrogens is 240 g/mol. The highest BCUT2D eigenvalue weighted by atomic mass is 16.5. The van der Waals surface area contributed by atoms with Gasteiger partial charge in [-0.15, -0.1) is 0 Å². The Morgan fingerprint density at radius 2 is 1.84 bits per heavy atom. The lowest BCUT2D eigenvalue weighted by molar-refractivity contribution is -0.137. The number of benzene rings is 1. The number of unbranched alkanes of at least 4 members (excludes halogenated alkanes) is 3. The summed E-state index contributed by atoms with van der Waals surface area (Å²) in [5.74, 6) is 0.280. The first-order valence-electron chi connectivity index (χ1n) is 6.87. The van der Waals surface area contributed by atoms with Crippen molar-refractivity contribution in [3.8, 4) is 5.75 Å². The van der Waals surface area contributed by atoms with E-state index in [9.17, 15) is 9.59 Å². The zero-order valence-electron chi connectivity index (χ0n) is 11.7. The van der Waals surface area contributed by atoms with Crippen molar-refractivity contribution in [2.24, 2.45) is 5.92 Å². The van der Waals surface area contributed by atoms with E-state index in [1.54, 1.807) is 0 Å². The molecular formula is C16H22O3. The molecule has 0 fully saturated rings. The lowest BCUT2D eigenvalue weighted by Crippen LogP contribution is -2.14. The number of carbonyl (C=O) groups excluding carboxylic acids is 2. The molecule has 0 aliphatic heterocycles. The Kier molecular flexibility index (Phi) is 6.86. The molecule has 0 aliphatic rings. The molecule has 104 valence electrons. The molecule has 0 radical (unpaired) electrons. The number of hydrogen-bond donors (Lipinski definition) is 0. The topological polar surface area (TPSA) is 43.4 Å². The van der Waals surface area contributed by atoms with E-state index < -0.39 is 0 Å². The third-order valence-corrected chi connectivity index (χ3v) is 2.90. The van der Waals surface area contributed by atoms with Crippen molar-refractivity contribution in [1.29, 1.82) is 0 Å². The second-order valence-electron chi connectivity index (χ2n) is 4.99.